The fourth-order valence-corrected chi connectivity index (χ4v) is 3.57. The fourth-order valence-electron chi connectivity index (χ4n) is 3.57. The van der Waals surface area contributed by atoms with Gasteiger partial charge in [0.25, 0.3) is 11.5 Å². The van der Waals surface area contributed by atoms with Crippen LogP contribution in [-0.2, 0) is 0 Å². The molecule has 178 valence electrons. The highest BCUT2D eigenvalue weighted by Crippen LogP contribution is 2.23. The van der Waals surface area contributed by atoms with Crippen LogP contribution in [0.2, 0.25) is 0 Å². The number of rotatable bonds is 5. The second kappa shape index (κ2) is 12.0. The number of aliphatic hydroxyl groups is 1. The minimum absolute atomic E-state index is 0.193. The number of nitrogens with one attached hydrogen (secondary N) is 4. The maximum absolute atomic E-state index is 12.4. The first-order valence-electron chi connectivity index (χ1n) is 11.4. The molecule has 5 rings (SSSR count). The van der Waals surface area contributed by atoms with E-state index in [-0.39, 0.29) is 17.5 Å². The number of aromatic nitrogens is 4. The molecular formula is C23H33N7O3. The average Bonchev–Trinajstić information content (AvgIpc) is 3.57. The van der Waals surface area contributed by atoms with Gasteiger partial charge in [0.05, 0.1) is 6.20 Å². The van der Waals surface area contributed by atoms with Crippen molar-refractivity contribution in [1.29, 1.82) is 0 Å². The summed E-state index contributed by atoms with van der Waals surface area (Å²) >= 11 is 0. The Balaban J connectivity index is 0.000000329. The van der Waals surface area contributed by atoms with Crippen LogP contribution in [0.1, 0.15) is 61.7 Å². The fraction of sp³-hybridized carbons (Fsp3) is 0.478. The number of hydrogen-bond acceptors (Lipinski definition) is 7. The van der Waals surface area contributed by atoms with E-state index in [0.29, 0.717) is 28.5 Å². The van der Waals surface area contributed by atoms with E-state index in [9.17, 15) is 9.59 Å². The van der Waals surface area contributed by atoms with Gasteiger partial charge in [-0.25, -0.2) is 4.98 Å². The summed E-state index contributed by atoms with van der Waals surface area (Å²) in [7, 11) is 2.75. The van der Waals surface area contributed by atoms with Gasteiger partial charge in [-0.3, -0.25) is 9.59 Å². The van der Waals surface area contributed by atoms with Crippen molar-refractivity contribution >= 4 is 28.9 Å². The molecule has 0 saturated heterocycles. The highest BCUT2D eigenvalue weighted by atomic mass is 16.2. The third-order valence-electron chi connectivity index (χ3n) is 5.47. The largest absolute Gasteiger partial charge is 0.400 e. The third kappa shape index (κ3) is 6.55. The monoisotopic (exact) mass is 455 g/mol. The van der Waals surface area contributed by atoms with Crippen molar-refractivity contribution in [2.24, 2.45) is 0 Å². The quantitative estimate of drug-likeness (QED) is 0.399. The lowest BCUT2D eigenvalue weighted by Crippen LogP contribution is -2.25. The number of pyridine rings is 1. The summed E-state index contributed by atoms with van der Waals surface area (Å²) in [5, 5.41) is 20.2. The molecule has 1 amide bonds. The van der Waals surface area contributed by atoms with Crippen LogP contribution in [0.3, 0.4) is 0 Å². The number of anilines is 3. The molecule has 0 spiro atoms. The van der Waals surface area contributed by atoms with Crippen LogP contribution in [0.15, 0.2) is 35.4 Å². The normalized spacial score (nSPS) is 14.9. The molecule has 3 heterocycles. The number of aliphatic hydroxyl groups excluding tert-OH is 1. The number of hydrogen-bond donors (Lipinski definition) is 5. The summed E-state index contributed by atoms with van der Waals surface area (Å²) < 4.78 is 1.56. The van der Waals surface area contributed by atoms with E-state index in [1.807, 2.05) is 0 Å². The van der Waals surface area contributed by atoms with Gasteiger partial charge in [0, 0.05) is 32.5 Å². The van der Waals surface area contributed by atoms with Crippen LogP contribution in [0, 0.1) is 0 Å². The molecule has 2 aliphatic rings. The number of carbonyl (C=O) groups excluding carboxylic acids is 1. The Morgan fingerprint density at radius 3 is 2.39 bits per heavy atom. The number of nitrogens with zero attached hydrogens (tertiary/aromatic N) is 3. The van der Waals surface area contributed by atoms with Gasteiger partial charge in [0.1, 0.15) is 22.9 Å². The van der Waals surface area contributed by atoms with Crippen molar-refractivity contribution in [3.05, 3.63) is 46.5 Å². The molecule has 0 unspecified atom stereocenters. The van der Waals surface area contributed by atoms with Gasteiger partial charge in [-0.2, -0.15) is 9.61 Å². The van der Waals surface area contributed by atoms with E-state index in [4.69, 9.17) is 5.11 Å². The molecule has 3 aromatic heterocycles. The van der Waals surface area contributed by atoms with Crippen LogP contribution in [0.5, 0.6) is 0 Å². The van der Waals surface area contributed by atoms with E-state index >= 15 is 0 Å². The molecule has 10 nitrogen and oxygen atoms in total. The topological polar surface area (TPSA) is 136 Å². The Kier molecular flexibility index (Phi) is 8.82. The lowest BCUT2D eigenvalue weighted by molar-refractivity contribution is 0.0952. The number of fused-ring (bicyclic) bond motifs is 1. The molecule has 0 aromatic carbocycles. The van der Waals surface area contributed by atoms with Gasteiger partial charge in [-0.1, -0.05) is 38.5 Å². The highest BCUT2D eigenvalue weighted by Gasteiger charge is 2.26. The molecule has 2 aliphatic carbocycles. The Hall–Kier alpha value is -3.40. The average molecular weight is 456 g/mol. The van der Waals surface area contributed by atoms with Crippen molar-refractivity contribution in [1.82, 2.24) is 24.9 Å². The first kappa shape index (κ1) is 24.2. The van der Waals surface area contributed by atoms with E-state index in [1.54, 1.807) is 36.0 Å². The van der Waals surface area contributed by atoms with E-state index in [1.165, 1.54) is 44.7 Å². The molecule has 3 aromatic rings. The standard InChI is InChI=1S/C16H17N7O2.C6H12.CH4O/c1-17-13-7-12(21-11-3-2-6-18-16(11)25)22-14-10(8-19-23(13)14)15(24)20-9-4-5-9;1-2-4-6-5-3-1;1-2/h2-3,6-9,17H,4-5H2,1H3,(H,18,25)(H,20,24)(H,21,22);1-6H2;2H,1H3. The summed E-state index contributed by atoms with van der Waals surface area (Å²) in [5.41, 5.74) is 0.925. The molecule has 0 atom stereocenters. The minimum Gasteiger partial charge on any atom is -0.400 e. The summed E-state index contributed by atoms with van der Waals surface area (Å²) in [6.07, 6.45) is 14.1. The Labute approximate surface area is 192 Å². The molecule has 2 fully saturated rings. The SMILES string of the molecule is C1CCCCC1.CNc1cc(Nc2ccc[nH]c2=O)nc2c(C(=O)NC3CC3)cnn12.CO. The molecule has 33 heavy (non-hydrogen) atoms. The van der Waals surface area contributed by atoms with Crippen molar-refractivity contribution in [2.75, 3.05) is 24.8 Å². The molecule has 5 N–H and O–H groups in total. The number of amides is 1. The highest BCUT2D eigenvalue weighted by molar-refractivity contribution is 6.00. The van der Waals surface area contributed by atoms with Gasteiger partial charge in [0.15, 0.2) is 5.65 Å². The van der Waals surface area contributed by atoms with Gasteiger partial charge in [-0.15, -0.1) is 0 Å². The van der Waals surface area contributed by atoms with Crippen molar-refractivity contribution < 1.29 is 9.90 Å². The van der Waals surface area contributed by atoms with Crippen LogP contribution in [0.4, 0.5) is 17.3 Å². The van der Waals surface area contributed by atoms with Gasteiger partial charge >= 0.3 is 0 Å². The second-order valence-electron chi connectivity index (χ2n) is 7.98. The van der Waals surface area contributed by atoms with E-state index in [0.717, 1.165) is 20.0 Å². The number of H-pyrrole nitrogens is 1. The van der Waals surface area contributed by atoms with Crippen LogP contribution < -0.4 is 21.5 Å². The van der Waals surface area contributed by atoms with Crippen LogP contribution in [-0.4, -0.2) is 50.8 Å². The molecular weight excluding hydrogens is 422 g/mol. The van der Waals surface area contributed by atoms with Gasteiger partial charge in [-0.05, 0) is 25.0 Å². The molecule has 0 radical (unpaired) electrons. The van der Waals surface area contributed by atoms with E-state index < -0.39 is 0 Å². The van der Waals surface area contributed by atoms with E-state index in [2.05, 4.69) is 31.0 Å². The zero-order valence-electron chi connectivity index (χ0n) is 19.2. The first-order chi connectivity index (χ1) is 16.2. The maximum atomic E-state index is 12.4. The first-order valence-corrected chi connectivity index (χ1v) is 11.4. The lowest BCUT2D eigenvalue weighted by Gasteiger charge is -2.09. The summed E-state index contributed by atoms with van der Waals surface area (Å²) in [6.45, 7) is 0. The Morgan fingerprint density at radius 2 is 1.82 bits per heavy atom. The number of aromatic amines is 1. The lowest BCUT2D eigenvalue weighted by atomic mass is 10.0. The smallest absolute Gasteiger partial charge is 0.271 e. The summed E-state index contributed by atoms with van der Waals surface area (Å²) in [6, 6.07) is 5.33. The van der Waals surface area contributed by atoms with Gasteiger partial charge < -0.3 is 26.0 Å². The van der Waals surface area contributed by atoms with Gasteiger partial charge in [0.2, 0.25) is 0 Å². The van der Waals surface area contributed by atoms with Crippen LogP contribution in [0.25, 0.3) is 5.65 Å². The number of carbonyl (C=O) groups is 1. The predicted molar refractivity (Wildman–Crippen MR) is 129 cm³/mol. The predicted octanol–water partition coefficient (Wildman–Crippen LogP) is 3.04. The molecule has 0 aliphatic heterocycles. The zero-order chi connectivity index (χ0) is 23.6. The van der Waals surface area contributed by atoms with Crippen LogP contribution >= 0.6 is 0 Å². The summed E-state index contributed by atoms with van der Waals surface area (Å²) in [4.78, 5) is 31.3. The third-order valence-corrected chi connectivity index (χ3v) is 5.47. The summed E-state index contributed by atoms with van der Waals surface area (Å²) in [5.74, 6) is 0.890. The second-order valence-corrected chi connectivity index (χ2v) is 7.98. The van der Waals surface area contributed by atoms with Crippen molar-refractivity contribution in [3.8, 4) is 0 Å². The molecule has 0 bridgehead atoms. The maximum Gasteiger partial charge on any atom is 0.271 e. The van der Waals surface area contributed by atoms with Crippen molar-refractivity contribution in [3.63, 3.8) is 0 Å². The minimum atomic E-state index is -0.254. The van der Waals surface area contributed by atoms with Crippen molar-refractivity contribution in [2.45, 2.75) is 57.4 Å². The Morgan fingerprint density at radius 1 is 1.15 bits per heavy atom. The Bertz CT molecular complexity index is 1090. The zero-order valence-corrected chi connectivity index (χ0v) is 19.2. The molecule has 2 saturated carbocycles. The molecule has 10 heteroatoms.